The Morgan fingerprint density at radius 1 is 1.14 bits per heavy atom. The van der Waals surface area contributed by atoms with E-state index in [9.17, 15) is 9.59 Å². The molecule has 0 bridgehead atoms. The van der Waals surface area contributed by atoms with Gasteiger partial charge in [-0.05, 0) is 21.8 Å². The molecule has 1 fully saturated rings. The molecule has 1 saturated heterocycles. The van der Waals surface area contributed by atoms with Crippen LogP contribution in [0.25, 0.3) is 0 Å². The minimum atomic E-state index is -0.323. The molecule has 8 nitrogen and oxygen atoms in total. The van der Waals surface area contributed by atoms with Crippen molar-refractivity contribution >= 4 is 29.0 Å². The summed E-state index contributed by atoms with van der Waals surface area (Å²) in [6.45, 7) is 1.82. The smallest absolute Gasteiger partial charge is 0.280 e. The van der Waals surface area contributed by atoms with Gasteiger partial charge >= 0.3 is 0 Å². The molecule has 0 radical (unpaired) electrons. The molecule has 0 atom stereocenters. The number of rotatable bonds is 2. The molecule has 2 aromatic heterocycles. The zero-order valence-corrected chi connectivity index (χ0v) is 11.9. The van der Waals surface area contributed by atoms with Crippen LogP contribution in [0.15, 0.2) is 21.5 Å². The number of nitrogen functional groups attached to an aromatic ring is 1. The Morgan fingerprint density at radius 3 is 2.33 bits per heavy atom. The molecule has 3 heterocycles. The molecule has 1 aliphatic heterocycles. The number of hydrogen-bond donors (Lipinski definition) is 1. The number of nitrogens with two attached hydrogens (primary N) is 1. The van der Waals surface area contributed by atoms with Gasteiger partial charge in [0.1, 0.15) is 0 Å². The molecule has 0 aromatic carbocycles. The summed E-state index contributed by atoms with van der Waals surface area (Å²) in [6.07, 6.45) is 0. The first-order valence-electron chi connectivity index (χ1n) is 6.35. The fourth-order valence-electron chi connectivity index (χ4n) is 2.17. The molecule has 3 rings (SSSR count). The van der Waals surface area contributed by atoms with Gasteiger partial charge in [0.15, 0.2) is 0 Å². The summed E-state index contributed by atoms with van der Waals surface area (Å²) < 4.78 is 4.43. The Bertz CT molecular complexity index is 646. The molecule has 0 unspecified atom stereocenters. The van der Waals surface area contributed by atoms with E-state index in [2.05, 4.69) is 14.9 Å². The van der Waals surface area contributed by atoms with Crippen LogP contribution in [0, 0.1) is 0 Å². The third-order valence-electron chi connectivity index (χ3n) is 3.34. The Kier molecular flexibility index (Phi) is 3.57. The summed E-state index contributed by atoms with van der Waals surface area (Å²) in [4.78, 5) is 27.7. The summed E-state index contributed by atoms with van der Waals surface area (Å²) in [5.41, 5.74) is 6.22. The van der Waals surface area contributed by atoms with Gasteiger partial charge in [0.05, 0.1) is 5.56 Å². The summed E-state index contributed by atoms with van der Waals surface area (Å²) in [5.74, 6) is -0.348. The molecule has 2 N–H and O–H groups in total. The van der Waals surface area contributed by atoms with Gasteiger partial charge in [0.25, 0.3) is 11.8 Å². The van der Waals surface area contributed by atoms with Crippen molar-refractivity contribution in [1.29, 1.82) is 0 Å². The molecule has 9 heteroatoms. The minimum Gasteiger partial charge on any atom is -0.379 e. The highest BCUT2D eigenvalue weighted by molar-refractivity contribution is 7.08. The summed E-state index contributed by atoms with van der Waals surface area (Å²) in [5, 5.41) is 10.6. The fourth-order valence-corrected chi connectivity index (χ4v) is 2.80. The number of amides is 2. The largest absolute Gasteiger partial charge is 0.379 e. The first-order valence-corrected chi connectivity index (χ1v) is 7.30. The number of nitrogens with zero attached hydrogens (tertiary/aromatic N) is 4. The van der Waals surface area contributed by atoms with Crippen molar-refractivity contribution in [3.63, 3.8) is 0 Å². The Morgan fingerprint density at radius 2 is 1.81 bits per heavy atom. The van der Waals surface area contributed by atoms with Crippen molar-refractivity contribution in [2.24, 2.45) is 0 Å². The van der Waals surface area contributed by atoms with Crippen LogP contribution in [0.5, 0.6) is 0 Å². The maximum atomic E-state index is 12.2. The minimum absolute atomic E-state index is 0.00837. The number of aromatic nitrogens is 2. The highest BCUT2D eigenvalue weighted by Gasteiger charge is 2.28. The maximum Gasteiger partial charge on any atom is 0.280 e. The standard InChI is InChI=1S/C12H13N5O3S/c13-10-9(14-20-15-10)12(19)17-4-2-16(3-5-17)11(18)8-1-6-21-7-8/h1,6-7H,2-5H2,(H2,13,15). The molecule has 2 amide bonds. The van der Waals surface area contributed by atoms with Crippen LogP contribution in [-0.2, 0) is 0 Å². The van der Waals surface area contributed by atoms with Crippen LogP contribution in [0.4, 0.5) is 5.82 Å². The highest BCUT2D eigenvalue weighted by Crippen LogP contribution is 2.14. The number of carbonyl (C=O) groups is 2. The van der Waals surface area contributed by atoms with Gasteiger partial charge in [0, 0.05) is 31.6 Å². The van der Waals surface area contributed by atoms with Crippen molar-refractivity contribution < 1.29 is 14.2 Å². The van der Waals surface area contributed by atoms with Crippen molar-refractivity contribution in [2.75, 3.05) is 31.9 Å². The molecule has 0 saturated carbocycles. The van der Waals surface area contributed by atoms with Crippen LogP contribution >= 0.6 is 11.3 Å². The SMILES string of the molecule is Nc1nonc1C(=O)N1CCN(C(=O)c2ccsc2)CC1. The Balaban J connectivity index is 1.62. The van der Waals surface area contributed by atoms with E-state index >= 15 is 0 Å². The van der Waals surface area contributed by atoms with E-state index in [4.69, 9.17) is 5.73 Å². The molecular formula is C12H13N5O3S. The lowest BCUT2D eigenvalue weighted by Gasteiger charge is -2.34. The second kappa shape index (κ2) is 5.52. The van der Waals surface area contributed by atoms with Gasteiger partial charge in [-0.3, -0.25) is 9.59 Å². The average Bonchev–Trinajstić information content (AvgIpc) is 3.17. The van der Waals surface area contributed by atoms with Crippen LogP contribution in [0.2, 0.25) is 0 Å². The molecule has 1 aliphatic rings. The second-order valence-electron chi connectivity index (χ2n) is 4.59. The summed E-state index contributed by atoms with van der Waals surface area (Å²) in [7, 11) is 0. The van der Waals surface area contributed by atoms with Crippen molar-refractivity contribution in [1.82, 2.24) is 20.1 Å². The normalized spacial score (nSPS) is 15.2. The zero-order valence-electron chi connectivity index (χ0n) is 11.1. The third kappa shape index (κ3) is 2.59. The van der Waals surface area contributed by atoms with Crippen LogP contribution in [-0.4, -0.2) is 58.1 Å². The Hall–Kier alpha value is -2.42. The van der Waals surface area contributed by atoms with E-state index in [0.717, 1.165) is 0 Å². The number of piperazine rings is 1. The highest BCUT2D eigenvalue weighted by atomic mass is 32.1. The van der Waals surface area contributed by atoms with Gasteiger partial charge in [-0.2, -0.15) is 11.3 Å². The second-order valence-corrected chi connectivity index (χ2v) is 5.37. The van der Waals surface area contributed by atoms with E-state index in [1.807, 2.05) is 10.8 Å². The van der Waals surface area contributed by atoms with Gasteiger partial charge in [0.2, 0.25) is 11.5 Å². The van der Waals surface area contributed by atoms with E-state index < -0.39 is 0 Å². The van der Waals surface area contributed by atoms with Crippen LogP contribution < -0.4 is 5.73 Å². The van der Waals surface area contributed by atoms with E-state index in [1.165, 1.54) is 11.3 Å². The molecule has 110 valence electrons. The van der Waals surface area contributed by atoms with Gasteiger partial charge in [-0.15, -0.1) is 0 Å². The molecular weight excluding hydrogens is 294 g/mol. The van der Waals surface area contributed by atoms with Crippen molar-refractivity contribution in [3.05, 3.63) is 28.1 Å². The van der Waals surface area contributed by atoms with Crippen molar-refractivity contribution in [3.8, 4) is 0 Å². The maximum absolute atomic E-state index is 12.2. The number of carbonyl (C=O) groups excluding carboxylic acids is 2. The van der Waals surface area contributed by atoms with Gasteiger partial charge < -0.3 is 15.5 Å². The quantitative estimate of drug-likeness (QED) is 0.856. The number of anilines is 1. The summed E-state index contributed by atoms with van der Waals surface area (Å²) in [6, 6.07) is 1.80. The molecule has 0 spiro atoms. The predicted molar refractivity (Wildman–Crippen MR) is 74.8 cm³/mol. The lowest BCUT2D eigenvalue weighted by Crippen LogP contribution is -2.50. The molecule has 2 aromatic rings. The lowest BCUT2D eigenvalue weighted by atomic mass is 10.2. The lowest BCUT2D eigenvalue weighted by molar-refractivity contribution is 0.0530. The van der Waals surface area contributed by atoms with E-state index in [-0.39, 0.29) is 23.3 Å². The van der Waals surface area contributed by atoms with Gasteiger partial charge in [-0.1, -0.05) is 0 Å². The van der Waals surface area contributed by atoms with E-state index in [0.29, 0.717) is 31.7 Å². The first-order chi connectivity index (χ1) is 10.2. The first kappa shape index (κ1) is 13.6. The van der Waals surface area contributed by atoms with Gasteiger partial charge in [-0.25, -0.2) is 4.63 Å². The fraction of sp³-hybridized carbons (Fsp3) is 0.333. The average molecular weight is 307 g/mol. The number of hydrogen-bond acceptors (Lipinski definition) is 7. The molecule has 21 heavy (non-hydrogen) atoms. The third-order valence-corrected chi connectivity index (χ3v) is 4.02. The number of thiophene rings is 1. The zero-order chi connectivity index (χ0) is 14.8. The predicted octanol–water partition coefficient (Wildman–Crippen LogP) is 0.312. The van der Waals surface area contributed by atoms with E-state index in [1.54, 1.807) is 15.9 Å². The Labute approximate surface area is 124 Å². The van der Waals surface area contributed by atoms with Crippen molar-refractivity contribution in [2.45, 2.75) is 0 Å². The topological polar surface area (TPSA) is 106 Å². The van der Waals surface area contributed by atoms with Crippen LogP contribution in [0.1, 0.15) is 20.8 Å². The summed E-state index contributed by atoms with van der Waals surface area (Å²) >= 11 is 1.49. The monoisotopic (exact) mass is 307 g/mol. The molecule has 0 aliphatic carbocycles. The van der Waals surface area contributed by atoms with Crippen LogP contribution in [0.3, 0.4) is 0 Å².